The first-order valence-corrected chi connectivity index (χ1v) is 8.47. The van der Waals surface area contributed by atoms with Crippen molar-refractivity contribution in [3.8, 4) is 5.75 Å². The molecule has 5 nitrogen and oxygen atoms in total. The van der Waals surface area contributed by atoms with Crippen LogP contribution in [0.3, 0.4) is 0 Å². The van der Waals surface area contributed by atoms with E-state index in [0.29, 0.717) is 11.4 Å². The van der Waals surface area contributed by atoms with Gasteiger partial charge in [0.15, 0.2) is 6.17 Å². The summed E-state index contributed by atoms with van der Waals surface area (Å²) in [5, 5.41) is 5.44. The lowest BCUT2D eigenvalue weighted by atomic mass is 10.2. The normalized spacial score (nSPS) is 12.2. The predicted molar refractivity (Wildman–Crippen MR) is 100 cm³/mol. The van der Waals surface area contributed by atoms with Gasteiger partial charge in [0.05, 0.1) is 12.8 Å². The predicted octanol–water partition coefficient (Wildman–Crippen LogP) is 4.73. The lowest BCUT2D eigenvalue weighted by molar-refractivity contribution is 0.137. The van der Waals surface area contributed by atoms with Crippen LogP contribution in [0.4, 0.5) is 10.5 Å². The number of nitrogens with one attached hydrogen (secondary N) is 2. The quantitative estimate of drug-likeness (QED) is 0.541. The van der Waals surface area contributed by atoms with E-state index in [1.807, 2.05) is 30.3 Å². The molecule has 2 N–H and O–H groups in total. The third kappa shape index (κ3) is 6.20. The van der Waals surface area contributed by atoms with Crippen molar-refractivity contribution in [2.75, 3.05) is 12.4 Å². The summed E-state index contributed by atoms with van der Waals surface area (Å²) in [6.45, 7) is 0.105. The molecule has 0 unspecified atom stereocenters. The summed E-state index contributed by atoms with van der Waals surface area (Å²) in [4.78, 5) is 12.0. The van der Waals surface area contributed by atoms with Gasteiger partial charge in [-0.25, -0.2) is 4.79 Å². The third-order valence-corrected chi connectivity index (χ3v) is 3.86. The van der Waals surface area contributed by atoms with Gasteiger partial charge in [0.2, 0.25) is 3.79 Å². The van der Waals surface area contributed by atoms with E-state index in [-0.39, 0.29) is 6.61 Å². The summed E-state index contributed by atoms with van der Waals surface area (Å²) >= 11 is 17.9. The van der Waals surface area contributed by atoms with Crippen molar-refractivity contribution >= 4 is 46.6 Å². The first-order valence-electron chi connectivity index (χ1n) is 7.33. The van der Waals surface area contributed by atoms with Crippen LogP contribution in [0.25, 0.3) is 0 Å². The van der Waals surface area contributed by atoms with Gasteiger partial charge >= 0.3 is 6.09 Å². The molecular formula is C17H17Cl3N2O3. The van der Waals surface area contributed by atoms with E-state index in [9.17, 15) is 4.79 Å². The lowest BCUT2D eigenvalue weighted by Gasteiger charge is -2.27. The zero-order valence-electron chi connectivity index (χ0n) is 13.3. The average Bonchev–Trinajstić information content (AvgIpc) is 2.60. The second-order valence-corrected chi connectivity index (χ2v) is 7.39. The zero-order chi connectivity index (χ0) is 18.3. The minimum atomic E-state index is -1.81. The number of para-hydroxylation sites is 2. The Hall–Kier alpha value is -1.82. The van der Waals surface area contributed by atoms with Crippen LogP contribution in [-0.4, -0.2) is 23.2 Å². The minimum Gasteiger partial charge on any atom is -0.495 e. The molecule has 0 aromatic heterocycles. The number of hydrogen-bond donors (Lipinski definition) is 2. The highest BCUT2D eigenvalue weighted by molar-refractivity contribution is 6.68. The average molecular weight is 404 g/mol. The molecule has 1 atom stereocenters. The number of halogens is 3. The molecule has 0 aliphatic carbocycles. The van der Waals surface area contributed by atoms with Crippen molar-refractivity contribution in [3.63, 3.8) is 0 Å². The molecule has 2 aromatic rings. The van der Waals surface area contributed by atoms with E-state index < -0.39 is 16.1 Å². The Balaban J connectivity index is 2.01. The molecule has 0 aliphatic heterocycles. The monoisotopic (exact) mass is 402 g/mol. The van der Waals surface area contributed by atoms with Gasteiger partial charge < -0.3 is 14.8 Å². The van der Waals surface area contributed by atoms with Gasteiger partial charge in [0.1, 0.15) is 12.4 Å². The summed E-state index contributed by atoms with van der Waals surface area (Å²) in [5.41, 5.74) is 1.41. The second kappa shape index (κ2) is 9.04. The first-order chi connectivity index (χ1) is 11.9. The Bertz CT molecular complexity index is 693. The van der Waals surface area contributed by atoms with Crippen LogP contribution in [0.5, 0.6) is 5.75 Å². The van der Waals surface area contributed by atoms with Gasteiger partial charge in [0.25, 0.3) is 0 Å². The zero-order valence-corrected chi connectivity index (χ0v) is 15.6. The topological polar surface area (TPSA) is 59.6 Å². The van der Waals surface area contributed by atoms with Crippen LogP contribution < -0.4 is 15.4 Å². The third-order valence-electron chi connectivity index (χ3n) is 3.21. The Morgan fingerprint density at radius 1 is 1.08 bits per heavy atom. The highest BCUT2D eigenvalue weighted by atomic mass is 35.6. The number of ether oxygens (including phenoxy) is 2. The van der Waals surface area contributed by atoms with Crippen molar-refractivity contribution < 1.29 is 14.3 Å². The van der Waals surface area contributed by atoms with E-state index in [0.717, 1.165) is 5.56 Å². The van der Waals surface area contributed by atoms with Crippen LogP contribution in [-0.2, 0) is 11.3 Å². The number of hydrogen-bond acceptors (Lipinski definition) is 4. The maximum atomic E-state index is 12.0. The lowest BCUT2D eigenvalue weighted by Crippen LogP contribution is -2.49. The molecule has 2 aromatic carbocycles. The van der Waals surface area contributed by atoms with Gasteiger partial charge in [-0.1, -0.05) is 77.3 Å². The molecule has 0 spiro atoms. The number of alkyl halides is 3. The highest BCUT2D eigenvalue weighted by Crippen LogP contribution is 2.33. The number of carbonyl (C=O) groups is 1. The molecule has 2 rings (SSSR count). The van der Waals surface area contributed by atoms with Crippen molar-refractivity contribution in [1.29, 1.82) is 0 Å². The largest absolute Gasteiger partial charge is 0.495 e. The molecule has 0 aliphatic rings. The molecule has 0 radical (unpaired) electrons. The van der Waals surface area contributed by atoms with E-state index in [2.05, 4.69) is 10.6 Å². The summed E-state index contributed by atoms with van der Waals surface area (Å²) in [5.74, 6) is 0.543. The van der Waals surface area contributed by atoms with Gasteiger partial charge in [0, 0.05) is 0 Å². The first kappa shape index (κ1) is 19.5. The number of benzene rings is 2. The van der Waals surface area contributed by atoms with Crippen molar-refractivity contribution in [3.05, 3.63) is 60.2 Å². The Morgan fingerprint density at radius 3 is 2.36 bits per heavy atom. The molecule has 0 bridgehead atoms. The molecular weight excluding hydrogens is 387 g/mol. The number of methoxy groups -OCH3 is 1. The summed E-state index contributed by atoms with van der Waals surface area (Å²) in [6.07, 6.45) is -1.75. The fourth-order valence-electron chi connectivity index (χ4n) is 2.00. The fraction of sp³-hybridized carbons (Fsp3) is 0.235. The number of amides is 1. The molecule has 0 saturated carbocycles. The van der Waals surface area contributed by atoms with E-state index >= 15 is 0 Å². The number of anilines is 1. The summed E-state index contributed by atoms with van der Waals surface area (Å²) < 4.78 is 8.57. The van der Waals surface area contributed by atoms with Crippen LogP contribution in [0.15, 0.2) is 54.6 Å². The van der Waals surface area contributed by atoms with E-state index in [1.54, 1.807) is 24.3 Å². The molecule has 0 fully saturated rings. The van der Waals surface area contributed by atoms with Crippen LogP contribution in [0.2, 0.25) is 0 Å². The standard InChI is InChI=1S/C17H17Cl3N2O3/c1-24-14-10-6-5-9-13(14)21-15(17(18,19)20)22-16(23)25-11-12-7-3-2-4-8-12/h2-10,15,21H,11H2,1H3,(H,22,23)/t15-/m0/s1. The van der Waals surface area contributed by atoms with E-state index in [1.165, 1.54) is 7.11 Å². The second-order valence-electron chi connectivity index (χ2n) is 5.03. The fourth-order valence-corrected chi connectivity index (χ4v) is 2.33. The Kier molecular flexibility index (Phi) is 7.05. The maximum absolute atomic E-state index is 12.0. The Labute approximate surface area is 161 Å². The van der Waals surface area contributed by atoms with Crippen LogP contribution in [0, 0.1) is 0 Å². The Morgan fingerprint density at radius 2 is 1.72 bits per heavy atom. The molecule has 134 valence electrons. The number of alkyl carbamates (subject to hydrolysis) is 1. The highest BCUT2D eigenvalue weighted by Gasteiger charge is 2.35. The molecule has 0 saturated heterocycles. The van der Waals surface area contributed by atoms with Gasteiger partial charge in [-0.15, -0.1) is 0 Å². The van der Waals surface area contributed by atoms with Crippen molar-refractivity contribution in [2.45, 2.75) is 16.6 Å². The van der Waals surface area contributed by atoms with Gasteiger partial charge in [-0.2, -0.15) is 0 Å². The minimum absolute atomic E-state index is 0.105. The van der Waals surface area contributed by atoms with Crippen LogP contribution >= 0.6 is 34.8 Å². The van der Waals surface area contributed by atoms with Gasteiger partial charge in [-0.3, -0.25) is 5.32 Å². The summed E-state index contributed by atoms with van der Waals surface area (Å²) in [7, 11) is 1.52. The molecule has 1 amide bonds. The molecule has 25 heavy (non-hydrogen) atoms. The van der Waals surface area contributed by atoms with Crippen LogP contribution in [0.1, 0.15) is 5.56 Å². The smallest absolute Gasteiger partial charge is 0.409 e. The number of rotatable bonds is 6. The maximum Gasteiger partial charge on any atom is 0.409 e. The van der Waals surface area contributed by atoms with Gasteiger partial charge in [-0.05, 0) is 17.7 Å². The summed E-state index contributed by atoms with van der Waals surface area (Å²) in [6, 6.07) is 16.3. The molecule has 0 heterocycles. The van der Waals surface area contributed by atoms with Crippen molar-refractivity contribution in [1.82, 2.24) is 5.32 Å². The van der Waals surface area contributed by atoms with Crippen molar-refractivity contribution in [2.24, 2.45) is 0 Å². The number of carbonyl (C=O) groups excluding carboxylic acids is 1. The molecule has 8 heteroatoms. The SMILES string of the molecule is COc1ccccc1N[C@@H](NC(=O)OCc1ccccc1)C(Cl)(Cl)Cl. The van der Waals surface area contributed by atoms with E-state index in [4.69, 9.17) is 44.3 Å².